The van der Waals surface area contributed by atoms with Crippen LogP contribution in [0.3, 0.4) is 0 Å². The number of hydrogen-bond donors (Lipinski definition) is 0. The van der Waals surface area contributed by atoms with Crippen molar-refractivity contribution in [1.29, 1.82) is 0 Å². The Hall–Kier alpha value is -2.41. The molecule has 398 valence electrons. The van der Waals surface area contributed by atoms with E-state index < -0.39 is 5.54 Å². The predicted octanol–water partition coefficient (Wildman–Crippen LogP) is 18.2. The molecule has 0 heterocycles. The molecule has 0 aromatic rings. The van der Waals surface area contributed by atoms with Gasteiger partial charge in [-0.1, -0.05) is 211 Å². The first-order valence-corrected chi connectivity index (χ1v) is 29.3. The Morgan fingerprint density at radius 2 is 0.500 bits per heavy atom. The summed E-state index contributed by atoms with van der Waals surface area (Å²) < 4.78 is 18.1. The monoisotopic (exact) mass is 957 g/mol. The lowest BCUT2D eigenvalue weighted by molar-refractivity contribution is -0.925. The summed E-state index contributed by atoms with van der Waals surface area (Å²) in [7, 11) is 5.98. The van der Waals surface area contributed by atoms with E-state index in [2.05, 4.69) is 57.2 Å². The highest BCUT2D eigenvalue weighted by Crippen LogP contribution is 2.24. The molecular formula is C61H114NO6+. The van der Waals surface area contributed by atoms with Crippen molar-refractivity contribution in [1.82, 2.24) is 0 Å². The molecule has 0 rings (SSSR count). The zero-order chi connectivity index (χ0) is 49.9. The third kappa shape index (κ3) is 43.6. The smallest absolute Gasteiger partial charge is 0.306 e. The summed E-state index contributed by atoms with van der Waals surface area (Å²) in [4.78, 5) is 39.3. The van der Waals surface area contributed by atoms with Gasteiger partial charge in [-0.05, 0) is 96.3 Å². The van der Waals surface area contributed by atoms with Crippen molar-refractivity contribution in [2.24, 2.45) is 0 Å². The van der Waals surface area contributed by atoms with Gasteiger partial charge in [0.15, 0.2) is 19.8 Å². The van der Waals surface area contributed by atoms with Crippen LogP contribution in [0.25, 0.3) is 0 Å². The first kappa shape index (κ1) is 65.6. The molecule has 0 aliphatic carbocycles. The molecule has 0 unspecified atom stereocenters. The van der Waals surface area contributed by atoms with Crippen LogP contribution in [0.1, 0.15) is 290 Å². The van der Waals surface area contributed by atoms with Crippen molar-refractivity contribution in [2.45, 2.75) is 296 Å². The van der Waals surface area contributed by atoms with Gasteiger partial charge in [-0.25, -0.2) is 0 Å². The Morgan fingerprint density at radius 3 is 0.706 bits per heavy atom. The normalized spacial score (nSPS) is 12.3. The molecule has 7 nitrogen and oxygen atoms in total. The standard InChI is InChI=1S/C61H114NO6/c1-7-10-13-16-19-22-25-28-31-34-37-40-43-46-49-52-58(63)66-55-61(62(4,5)6,56-67-59(64)53-50-47-44-41-38-35-32-29-26-23-20-17-14-11-8-2)57-68-60(65)54-51-48-45-42-39-36-33-30-27-24-21-18-15-12-9-3/h28-33H,7-27,34-57H2,1-6H3/q+1/b31-28-,32-29-,33-30-. The minimum atomic E-state index is -0.922. The molecule has 0 aliphatic heterocycles. The van der Waals surface area contributed by atoms with Crippen molar-refractivity contribution in [3.63, 3.8) is 0 Å². The number of ether oxygens (including phenoxy) is 3. The average Bonchev–Trinajstić information content (AvgIpc) is 3.32. The van der Waals surface area contributed by atoms with Gasteiger partial charge in [0.2, 0.25) is 5.54 Å². The number of hydrogen-bond acceptors (Lipinski definition) is 6. The third-order valence-corrected chi connectivity index (χ3v) is 13.9. The molecule has 0 bridgehead atoms. The van der Waals surface area contributed by atoms with Crippen LogP contribution in [0.2, 0.25) is 0 Å². The van der Waals surface area contributed by atoms with E-state index in [-0.39, 0.29) is 37.7 Å². The molecule has 0 fully saturated rings. The number of likely N-dealkylation sites (N-methyl/N-ethyl adjacent to an activating group) is 1. The summed E-state index contributed by atoms with van der Waals surface area (Å²) in [6, 6.07) is 0. The molecule has 0 spiro atoms. The molecule has 0 amide bonds. The van der Waals surface area contributed by atoms with E-state index >= 15 is 0 Å². The highest BCUT2D eigenvalue weighted by atomic mass is 16.6. The van der Waals surface area contributed by atoms with E-state index in [1.165, 1.54) is 173 Å². The molecule has 0 aromatic heterocycles. The molecule has 7 heteroatoms. The van der Waals surface area contributed by atoms with Crippen LogP contribution in [-0.2, 0) is 28.6 Å². The zero-order valence-electron chi connectivity index (χ0n) is 46.2. The molecular weight excluding hydrogens is 843 g/mol. The minimum absolute atomic E-state index is 0.0157. The van der Waals surface area contributed by atoms with Crippen LogP contribution in [-0.4, -0.2) is 68.9 Å². The number of quaternary nitrogens is 1. The van der Waals surface area contributed by atoms with Gasteiger partial charge in [0.1, 0.15) is 0 Å². The van der Waals surface area contributed by atoms with Crippen molar-refractivity contribution in [3.05, 3.63) is 36.5 Å². The molecule has 0 aliphatic rings. The van der Waals surface area contributed by atoms with Crippen LogP contribution in [0.15, 0.2) is 36.5 Å². The number of carbonyl (C=O) groups is 3. The maximum absolute atomic E-state index is 13.1. The maximum Gasteiger partial charge on any atom is 0.306 e. The van der Waals surface area contributed by atoms with Gasteiger partial charge in [-0.2, -0.15) is 0 Å². The largest absolute Gasteiger partial charge is 0.459 e. The van der Waals surface area contributed by atoms with Gasteiger partial charge < -0.3 is 18.7 Å². The van der Waals surface area contributed by atoms with Gasteiger partial charge >= 0.3 is 17.9 Å². The summed E-state index contributed by atoms with van der Waals surface area (Å²) in [6.07, 6.45) is 62.2. The summed E-state index contributed by atoms with van der Waals surface area (Å²) in [5.74, 6) is -0.751. The second-order valence-corrected chi connectivity index (χ2v) is 21.2. The second kappa shape index (κ2) is 49.6. The number of esters is 3. The number of nitrogens with zero attached hydrogens (tertiary/aromatic N) is 1. The predicted molar refractivity (Wildman–Crippen MR) is 292 cm³/mol. The minimum Gasteiger partial charge on any atom is -0.459 e. The summed E-state index contributed by atoms with van der Waals surface area (Å²) >= 11 is 0. The maximum atomic E-state index is 13.1. The Kier molecular flexibility index (Phi) is 47.8. The molecule has 0 N–H and O–H groups in total. The Bertz CT molecular complexity index is 1080. The van der Waals surface area contributed by atoms with Crippen LogP contribution < -0.4 is 0 Å². The van der Waals surface area contributed by atoms with Gasteiger partial charge in [0.25, 0.3) is 0 Å². The zero-order valence-corrected chi connectivity index (χ0v) is 46.2. The molecule has 0 saturated carbocycles. The molecule has 0 atom stereocenters. The third-order valence-electron chi connectivity index (χ3n) is 13.9. The lowest BCUT2D eigenvalue weighted by Gasteiger charge is -2.44. The summed E-state index contributed by atoms with van der Waals surface area (Å²) in [5, 5.41) is 0. The van der Waals surface area contributed by atoms with Crippen LogP contribution in [0.5, 0.6) is 0 Å². The fraction of sp³-hybridized carbons (Fsp3) is 0.852. The average molecular weight is 958 g/mol. The van der Waals surface area contributed by atoms with E-state index in [4.69, 9.17) is 14.2 Å². The topological polar surface area (TPSA) is 78.9 Å². The van der Waals surface area contributed by atoms with E-state index in [1.54, 1.807) is 0 Å². The lowest BCUT2D eigenvalue weighted by Crippen LogP contribution is -2.65. The second-order valence-electron chi connectivity index (χ2n) is 21.2. The Labute approximate surface area is 422 Å². The van der Waals surface area contributed by atoms with Crippen molar-refractivity contribution in [3.8, 4) is 0 Å². The van der Waals surface area contributed by atoms with E-state index in [0.29, 0.717) is 23.7 Å². The van der Waals surface area contributed by atoms with Gasteiger partial charge in [-0.15, -0.1) is 0 Å². The highest BCUT2D eigenvalue weighted by Gasteiger charge is 2.47. The quantitative estimate of drug-likeness (QED) is 0.0199. The lowest BCUT2D eigenvalue weighted by atomic mass is 9.98. The van der Waals surface area contributed by atoms with E-state index in [0.717, 1.165) is 77.0 Å². The van der Waals surface area contributed by atoms with E-state index in [9.17, 15) is 14.4 Å². The number of rotatable bonds is 52. The Balaban J connectivity index is 4.86. The first-order chi connectivity index (χ1) is 33.1. The number of allylic oxidation sites excluding steroid dienone is 6. The molecule has 68 heavy (non-hydrogen) atoms. The number of unbranched alkanes of at least 4 members (excludes halogenated alkanes) is 33. The molecule has 0 aromatic carbocycles. The fourth-order valence-electron chi connectivity index (χ4n) is 8.59. The van der Waals surface area contributed by atoms with Crippen LogP contribution in [0, 0.1) is 0 Å². The van der Waals surface area contributed by atoms with Crippen LogP contribution >= 0.6 is 0 Å². The molecule has 0 radical (unpaired) electrons. The van der Waals surface area contributed by atoms with Gasteiger partial charge in [0.05, 0.1) is 21.1 Å². The summed E-state index contributed by atoms with van der Waals surface area (Å²) in [6.45, 7) is 6.84. The fourth-order valence-corrected chi connectivity index (χ4v) is 8.59. The van der Waals surface area contributed by atoms with Gasteiger partial charge in [-0.3, -0.25) is 14.4 Å². The highest BCUT2D eigenvalue weighted by molar-refractivity contribution is 5.70. The van der Waals surface area contributed by atoms with Crippen molar-refractivity contribution in [2.75, 3.05) is 41.0 Å². The molecule has 0 saturated heterocycles. The number of carbonyl (C=O) groups excluding carboxylic acids is 3. The SMILES string of the molecule is CCCCCCCC/C=C\CCCCCCCC(=O)OCC(COC(=O)CCCCCCC/C=C\CCCCCCCC)(COC(=O)CCCCCCC/C=C\CCCCCCCC)[N+](C)(C)C. The van der Waals surface area contributed by atoms with E-state index in [1.807, 2.05) is 21.1 Å². The van der Waals surface area contributed by atoms with Crippen LogP contribution in [0.4, 0.5) is 0 Å². The van der Waals surface area contributed by atoms with Crippen molar-refractivity contribution >= 4 is 17.9 Å². The summed E-state index contributed by atoms with van der Waals surface area (Å²) in [5.41, 5.74) is -0.922. The Morgan fingerprint density at radius 1 is 0.309 bits per heavy atom. The first-order valence-electron chi connectivity index (χ1n) is 29.3. The van der Waals surface area contributed by atoms with Crippen molar-refractivity contribution < 1.29 is 33.1 Å². The van der Waals surface area contributed by atoms with Gasteiger partial charge in [0, 0.05) is 19.3 Å².